The van der Waals surface area contributed by atoms with Crippen molar-refractivity contribution in [2.75, 3.05) is 20.1 Å². The van der Waals surface area contributed by atoms with Gasteiger partial charge in [-0.2, -0.15) is 0 Å². The van der Waals surface area contributed by atoms with Crippen LogP contribution in [0.4, 0.5) is 0 Å². The molecule has 2 fully saturated rings. The fraction of sp³-hybridized carbons (Fsp3) is 0.900. The summed E-state index contributed by atoms with van der Waals surface area (Å²) in [5, 5.41) is -0.228. The summed E-state index contributed by atoms with van der Waals surface area (Å²) in [6.07, 6.45) is 2.82. The van der Waals surface area contributed by atoms with Crippen LogP contribution in [0.5, 0.6) is 0 Å². The smallest absolute Gasteiger partial charge is 0.215 e. The van der Waals surface area contributed by atoms with Crippen LogP contribution >= 0.6 is 12.2 Å². The van der Waals surface area contributed by atoms with Gasteiger partial charge in [-0.3, -0.25) is 0 Å². The Hall–Kier alpha value is -0.240. The molecule has 1 heterocycles. The molecular weight excluding hydrogens is 258 g/mol. The molecule has 0 aromatic carbocycles. The number of sulfonamides is 1. The molecule has 98 valence electrons. The number of nitrogens with one attached hydrogen (secondary N) is 1. The van der Waals surface area contributed by atoms with Crippen LogP contribution in [-0.2, 0) is 10.0 Å². The molecule has 2 rings (SSSR count). The highest BCUT2D eigenvalue weighted by Crippen LogP contribution is 2.31. The number of thiocarbonyl (C=S) groups is 1. The van der Waals surface area contributed by atoms with E-state index in [-0.39, 0.29) is 10.2 Å². The Morgan fingerprint density at radius 1 is 1.41 bits per heavy atom. The van der Waals surface area contributed by atoms with Gasteiger partial charge in [0.15, 0.2) is 0 Å². The van der Waals surface area contributed by atoms with Gasteiger partial charge >= 0.3 is 0 Å². The van der Waals surface area contributed by atoms with Gasteiger partial charge in [-0.1, -0.05) is 12.2 Å². The van der Waals surface area contributed by atoms with Crippen LogP contribution in [-0.4, -0.2) is 49.2 Å². The lowest BCUT2D eigenvalue weighted by Gasteiger charge is -2.40. The molecule has 1 aliphatic carbocycles. The fourth-order valence-electron chi connectivity index (χ4n) is 2.13. The van der Waals surface area contributed by atoms with Gasteiger partial charge in [0.1, 0.15) is 0 Å². The van der Waals surface area contributed by atoms with E-state index < -0.39 is 15.6 Å². The predicted octanol–water partition coefficient (Wildman–Crippen LogP) is -0.181. The van der Waals surface area contributed by atoms with Crippen molar-refractivity contribution in [3.63, 3.8) is 0 Å². The van der Waals surface area contributed by atoms with Crippen LogP contribution in [0.2, 0.25) is 0 Å². The highest BCUT2D eigenvalue weighted by Gasteiger charge is 2.45. The highest BCUT2D eigenvalue weighted by atomic mass is 32.2. The summed E-state index contributed by atoms with van der Waals surface area (Å²) in [5.41, 5.74) is 5.06. The van der Waals surface area contributed by atoms with Gasteiger partial charge in [0.2, 0.25) is 10.0 Å². The van der Waals surface area contributed by atoms with E-state index in [0.717, 1.165) is 25.9 Å². The fourth-order valence-corrected chi connectivity index (χ4v) is 4.23. The maximum Gasteiger partial charge on any atom is 0.215 e. The van der Waals surface area contributed by atoms with E-state index in [1.54, 1.807) is 0 Å². The molecule has 1 aliphatic heterocycles. The van der Waals surface area contributed by atoms with Crippen LogP contribution in [0.3, 0.4) is 0 Å². The van der Waals surface area contributed by atoms with Crippen LogP contribution < -0.4 is 10.5 Å². The molecule has 3 N–H and O–H groups in total. The van der Waals surface area contributed by atoms with E-state index >= 15 is 0 Å². The highest BCUT2D eigenvalue weighted by molar-refractivity contribution is 7.90. The van der Waals surface area contributed by atoms with Gasteiger partial charge in [0.05, 0.1) is 15.8 Å². The molecule has 0 unspecified atom stereocenters. The first-order valence-corrected chi connectivity index (χ1v) is 7.82. The maximum atomic E-state index is 12.0. The Bertz CT molecular complexity index is 409. The first-order valence-electron chi connectivity index (χ1n) is 5.87. The zero-order valence-corrected chi connectivity index (χ0v) is 11.6. The van der Waals surface area contributed by atoms with Crippen LogP contribution in [0, 0.1) is 0 Å². The summed E-state index contributed by atoms with van der Waals surface area (Å²) in [4.78, 5) is 2.43. The number of hydrogen-bond acceptors (Lipinski definition) is 4. The largest absolute Gasteiger partial charge is 0.392 e. The van der Waals surface area contributed by atoms with Crippen LogP contribution in [0.15, 0.2) is 0 Å². The van der Waals surface area contributed by atoms with Crippen LogP contribution in [0.1, 0.15) is 25.7 Å². The van der Waals surface area contributed by atoms with Crippen molar-refractivity contribution in [3.05, 3.63) is 0 Å². The summed E-state index contributed by atoms with van der Waals surface area (Å²) in [5.74, 6) is 0. The van der Waals surface area contributed by atoms with E-state index in [4.69, 9.17) is 18.0 Å². The second-order valence-corrected chi connectivity index (χ2v) is 7.50. The first-order chi connectivity index (χ1) is 7.86. The number of rotatable bonds is 4. The van der Waals surface area contributed by atoms with Crippen LogP contribution in [0.25, 0.3) is 0 Å². The molecule has 0 atom stereocenters. The Balaban J connectivity index is 2.15. The molecule has 2 aliphatic rings. The lowest BCUT2D eigenvalue weighted by atomic mass is 9.89. The standard InChI is InChI=1S/C10H19N3O2S2/c1-13-6-4-10(5-7-13,9(11)16)12-17(14,15)8-2-3-8/h8,12H,2-7H2,1H3,(H2,11,16). The molecule has 0 spiro atoms. The summed E-state index contributed by atoms with van der Waals surface area (Å²) in [6.45, 7) is 1.62. The summed E-state index contributed by atoms with van der Waals surface area (Å²) in [6, 6.07) is 0. The third kappa shape index (κ3) is 2.78. The van der Waals surface area contributed by atoms with E-state index in [0.29, 0.717) is 12.8 Å². The molecule has 0 radical (unpaired) electrons. The SMILES string of the molecule is CN1CCC(NS(=O)(=O)C2CC2)(C(N)=S)CC1. The number of likely N-dealkylation sites (tertiary alicyclic amines) is 1. The predicted molar refractivity (Wildman–Crippen MR) is 71.3 cm³/mol. The van der Waals surface area contributed by atoms with E-state index in [1.807, 2.05) is 7.05 Å². The number of nitrogens with zero attached hydrogens (tertiary/aromatic N) is 1. The van der Waals surface area contributed by atoms with Gasteiger partial charge in [-0.05, 0) is 32.7 Å². The van der Waals surface area contributed by atoms with Crippen molar-refractivity contribution in [2.45, 2.75) is 36.5 Å². The number of nitrogens with two attached hydrogens (primary N) is 1. The second-order valence-electron chi connectivity index (χ2n) is 5.10. The lowest BCUT2D eigenvalue weighted by Crippen LogP contribution is -2.61. The average Bonchev–Trinajstić information content (AvgIpc) is 3.04. The summed E-state index contributed by atoms with van der Waals surface area (Å²) < 4.78 is 26.8. The molecule has 0 aromatic rings. The van der Waals surface area contributed by atoms with Gasteiger partial charge in [0.25, 0.3) is 0 Å². The molecular formula is C10H19N3O2S2. The first kappa shape index (κ1) is 13.2. The lowest BCUT2D eigenvalue weighted by molar-refractivity contribution is 0.220. The molecule has 5 nitrogen and oxygen atoms in total. The second kappa shape index (κ2) is 4.46. The van der Waals surface area contributed by atoms with Crippen molar-refractivity contribution in [1.82, 2.24) is 9.62 Å². The van der Waals surface area contributed by atoms with Crippen molar-refractivity contribution < 1.29 is 8.42 Å². The quantitative estimate of drug-likeness (QED) is 0.697. The van der Waals surface area contributed by atoms with Gasteiger partial charge in [-0.15, -0.1) is 0 Å². The molecule has 1 saturated carbocycles. The monoisotopic (exact) mass is 277 g/mol. The zero-order chi connectivity index (χ0) is 12.7. The number of piperidine rings is 1. The number of hydrogen-bond donors (Lipinski definition) is 2. The molecule has 0 bridgehead atoms. The minimum absolute atomic E-state index is 0.228. The normalized spacial score (nSPS) is 25.7. The minimum Gasteiger partial charge on any atom is -0.392 e. The van der Waals surface area contributed by atoms with Crippen molar-refractivity contribution in [2.24, 2.45) is 5.73 Å². The van der Waals surface area contributed by atoms with Gasteiger partial charge in [0, 0.05) is 13.1 Å². The topological polar surface area (TPSA) is 75.4 Å². The van der Waals surface area contributed by atoms with E-state index in [9.17, 15) is 8.42 Å². The summed E-state index contributed by atoms with van der Waals surface area (Å²) >= 11 is 5.07. The molecule has 7 heteroatoms. The van der Waals surface area contributed by atoms with E-state index in [1.165, 1.54) is 0 Å². The minimum atomic E-state index is -3.24. The Morgan fingerprint density at radius 3 is 2.35 bits per heavy atom. The van der Waals surface area contributed by atoms with E-state index in [2.05, 4.69) is 9.62 Å². The molecule has 0 aromatic heterocycles. The van der Waals surface area contributed by atoms with Crippen molar-refractivity contribution in [1.29, 1.82) is 0 Å². The maximum absolute atomic E-state index is 12.0. The Labute approximate surface area is 108 Å². The van der Waals surface area contributed by atoms with Crippen molar-refractivity contribution in [3.8, 4) is 0 Å². The molecule has 1 saturated heterocycles. The third-order valence-corrected chi connectivity index (χ3v) is 6.03. The average molecular weight is 277 g/mol. The Kier molecular flexibility index (Phi) is 3.46. The van der Waals surface area contributed by atoms with Crippen molar-refractivity contribution >= 4 is 27.2 Å². The van der Waals surface area contributed by atoms with Gasteiger partial charge < -0.3 is 10.6 Å². The molecule has 0 amide bonds. The Morgan fingerprint density at radius 2 is 1.94 bits per heavy atom. The van der Waals surface area contributed by atoms with Gasteiger partial charge in [-0.25, -0.2) is 13.1 Å². The zero-order valence-electron chi connectivity index (χ0n) is 9.98. The third-order valence-electron chi connectivity index (χ3n) is 3.61. The molecule has 17 heavy (non-hydrogen) atoms. The summed E-state index contributed by atoms with van der Waals surface area (Å²) in [7, 11) is -1.23.